The van der Waals surface area contributed by atoms with Gasteiger partial charge in [-0.25, -0.2) is 0 Å². The van der Waals surface area contributed by atoms with Crippen LogP contribution in [0.15, 0.2) is 48.5 Å². The number of rotatable bonds is 4. The molecule has 0 unspecified atom stereocenters. The second-order valence-corrected chi connectivity index (χ2v) is 3.72. The van der Waals surface area contributed by atoms with Crippen molar-refractivity contribution in [3.8, 4) is 11.5 Å². The van der Waals surface area contributed by atoms with Gasteiger partial charge < -0.3 is 16.2 Å². The first-order valence-electron chi connectivity index (χ1n) is 5.59. The van der Waals surface area contributed by atoms with E-state index in [2.05, 4.69) is 0 Å². The Bertz CT molecular complexity index is 483. The summed E-state index contributed by atoms with van der Waals surface area (Å²) in [7, 11) is 0. The zero-order valence-corrected chi connectivity index (χ0v) is 9.60. The van der Waals surface area contributed by atoms with E-state index in [4.69, 9.17) is 16.2 Å². The molecule has 0 amide bonds. The van der Waals surface area contributed by atoms with Crippen LogP contribution in [0.2, 0.25) is 0 Å². The van der Waals surface area contributed by atoms with Crippen molar-refractivity contribution in [2.24, 2.45) is 11.5 Å². The highest BCUT2D eigenvalue weighted by molar-refractivity contribution is 5.42. The molecule has 2 aromatic rings. The lowest BCUT2D eigenvalue weighted by Gasteiger charge is -2.13. The fourth-order valence-corrected chi connectivity index (χ4v) is 1.75. The molecule has 3 nitrogen and oxygen atoms in total. The summed E-state index contributed by atoms with van der Waals surface area (Å²) in [4.78, 5) is 0. The van der Waals surface area contributed by atoms with Gasteiger partial charge in [-0.2, -0.15) is 0 Å². The van der Waals surface area contributed by atoms with Crippen LogP contribution in [0.4, 0.5) is 0 Å². The van der Waals surface area contributed by atoms with E-state index >= 15 is 0 Å². The maximum atomic E-state index is 5.81. The normalized spacial score (nSPS) is 10.2. The molecule has 0 atom stereocenters. The summed E-state index contributed by atoms with van der Waals surface area (Å²) in [5.41, 5.74) is 13.4. The molecule has 0 aromatic heterocycles. The fourth-order valence-electron chi connectivity index (χ4n) is 1.75. The van der Waals surface area contributed by atoms with E-state index in [9.17, 15) is 0 Å². The first-order chi connectivity index (χ1) is 8.35. The van der Waals surface area contributed by atoms with Crippen LogP contribution in [0.1, 0.15) is 11.1 Å². The molecule has 0 saturated heterocycles. The molecule has 3 heteroatoms. The first-order valence-corrected chi connectivity index (χ1v) is 5.59. The van der Waals surface area contributed by atoms with Gasteiger partial charge >= 0.3 is 0 Å². The summed E-state index contributed by atoms with van der Waals surface area (Å²) >= 11 is 0. The molecule has 0 saturated carbocycles. The number of hydrogen-bond acceptors (Lipinski definition) is 3. The van der Waals surface area contributed by atoms with Gasteiger partial charge in [0, 0.05) is 18.7 Å². The SMILES string of the molecule is NCc1cccc(Oc2ccccc2)c1CN. The van der Waals surface area contributed by atoms with Crippen molar-refractivity contribution in [2.45, 2.75) is 13.1 Å². The Hall–Kier alpha value is -1.84. The quantitative estimate of drug-likeness (QED) is 0.844. The Morgan fingerprint density at radius 1 is 0.824 bits per heavy atom. The number of hydrogen-bond donors (Lipinski definition) is 2. The van der Waals surface area contributed by atoms with Crippen LogP contribution in [-0.4, -0.2) is 0 Å². The van der Waals surface area contributed by atoms with Crippen LogP contribution in [-0.2, 0) is 13.1 Å². The van der Waals surface area contributed by atoms with E-state index in [0.717, 1.165) is 22.6 Å². The molecule has 2 rings (SSSR count). The molecule has 88 valence electrons. The third-order valence-corrected chi connectivity index (χ3v) is 2.63. The minimum Gasteiger partial charge on any atom is -0.457 e. The van der Waals surface area contributed by atoms with Crippen molar-refractivity contribution in [3.63, 3.8) is 0 Å². The van der Waals surface area contributed by atoms with E-state index in [1.807, 2.05) is 48.5 Å². The van der Waals surface area contributed by atoms with E-state index in [1.54, 1.807) is 0 Å². The van der Waals surface area contributed by atoms with E-state index in [0.29, 0.717) is 13.1 Å². The fraction of sp³-hybridized carbons (Fsp3) is 0.143. The summed E-state index contributed by atoms with van der Waals surface area (Å²) in [6.07, 6.45) is 0. The topological polar surface area (TPSA) is 61.3 Å². The Balaban J connectivity index is 2.33. The standard InChI is InChI=1S/C14H16N2O/c15-9-11-5-4-8-14(13(11)10-16)17-12-6-2-1-3-7-12/h1-8H,9-10,15-16H2. The van der Waals surface area contributed by atoms with Crippen LogP contribution in [0, 0.1) is 0 Å². The minimum absolute atomic E-state index is 0.426. The summed E-state index contributed by atoms with van der Waals surface area (Å²) in [6.45, 7) is 0.897. The zero-order valence-electron chi connectivity index (χ0n) is 9.60. The summed E-state index contributed by atoms with van der Waals surface area (Å²) in [5.74, 6) is 1.58. The molecule has 0 radical (unpaired) electrons. The number of ether oxygens (including phenoxy) is 1. The molecule has 0 fully saturated rings. The molecule has 17 heavy (non-hydrogen) atoms. The summed E-state index contributed by atoms with van der Waals surface area (Å²) in [6, 6.07) is 15.5. The lowest BCUT2D eigenvalue weighted by atomic mass is 10.1. The Morgan fingerprint density at radius 2 is 1.59 bits per heavy atom. The Kier molecular flexibility index (Phi) is 3.75. The van der Waals surface area contributed by atoms with Crippen LogP contribution in [0.5, 0.6) is 11.5 Å². The molecule has 0 aliphatic carbocycles. The smallest absolute Gasteiger partial charge is 0.132 e. The molecule has 0 aliphatic rings. The van der Waals surface area contributed by atoms with E-state index in [1.165, 1.54) is 0 Å². The average Bonchev–Trinajstić information content (AvgIpc) is 2.39. The van der Waals surface area contributed by atoms with Gasteiger partial charge in [-0.3, -0.25) is 0 Å². The van der Waals surface area contributed by atoms with Crippen molar-refractivity contribution in [3.05, 3.63) is 59.7 Å². The lowest BCUT2D eigenvalue weighted by molar-refractivity contribution is 0.475. The highest BCUT2D eigenvalue weighted by atomic mass is 16.5. The first kappa shape index (κ1) is 11.6. The second-order valence-electron chi connectivity index (χ2n) is 3.72. The van der Waals surface area contributed by atoms with Crippen molar-refractivity contribution < 1.29 is 4.74 Å². The third-order valence-electron chi connectivity index (χ3n) is 2.63. The number of para-hydroxylation sites is 1. The third kappa shape index (κ3) is 2.64. The molecule has 0 bridgehead atoms. The Morgan fingerprint density at radius 3 is 2.24 bits per heavy atom. The minimum atomic E-state index is 0.426. The van der Waals surface area contributed by atoms with Crippen LogP contribution < -0.4 is 16.2 Å². The van der Waals surface area contributed by atoms with Gasteiger partial charge in [-0.05, 0) is 23.8 Å². The Labute approximate surface area is 101 Å². The van der Waals surface area contributed by atoms with E-state index < -0.39 is 0 Å². The van der Waals surface area contributed by atoms with Crippen molar-refractivity contribution >= 4 is 0 Å². The number of nitrogens with two attached hydrogens (primary N) is 2. The van der Waals surface area contributed by atoms with Gasteiger partial charge in [0.05, 0.1) is 0 Å². The molecule has 0 aliphatic heterocycles. The highest BCUT2D eigenvalue weighted by Crippen LogP contribution is 2.27. The summed E-state index contributed by atoms with van der Waals surface area (Å²) < 4.78 is 5.81. The predicted molar refractivity (Wildman–Crippen MR) is 68.7 cm³/mol. The van der Waals surface area contributed by atoms with Gasteiger partial charge in [0.2, 0.25) is 0 Å². The maximum Gasteiger partial charge on any atom is 0.132 e. The second kappa shape index (κ2) is 5.48. The maximum absolute atomic E-state index is 5.81. The molecule has 0 spiro atoms. The van der Waals surface area contributed by atoms with Crippen LogP contribution >= 0.6 is 0 Å². The van der Waals surface area contributed by atoms with Crippen LogP contribution in [0.25, 0.3) is 0 Å². The van der Waals surface area contributed by atoms with Gasteiger partial charge in [-0.1, -0.05) is 30.3 Å². The van der Waals surface area contributed by atoms with Crippen LogP contribution in [0.3, 0.4) is 0 Å². The lowest BCUT2D eigenvalue weighted by Crippen LogP contribution is -2.07. The molecular formula is C14H16N2O. The molecule has 2 aromatic carbocycles. The molecule has 4 N–H and O–H groups in total. The van der Waals surface area contributed by atoms with Crippen molar-refractivity contribution in [1.29, 1.82) is 0 Å². The van der Waals surface area contributed by atoms with Gasteiger partial charge in [-0.15, -0.1) is 0 Å². The molecule has 0 heterocycles. The molecular weight excluding hydrogens is 212 g/mol. The largest absolute Gasteiger partial charge is 0.457 e. The predicted octanol–water partition coefficient (Wildman–Crippen LogP) is 2.40. The van der Waals surface area contributed by atoms with E-state index in [-0.39, 0.29) is 0 Å². The van der Waals surface area contributed by atoms with Gasteiger partial charge in [0.1, 0.15) is 11.5 Å². The average molecular weight is 228 g/mol. The van der Waals surface area contributed by atoms with Crippen molar-refractivity contribution in [2.75, 3.05) is 0 Å². The zero-order chi connectivity index (χ0) is 12.1. The van der Waals surface area contributed by atoms with Gasteiger partial charge in [0.25, 0.3) is 0 Å². The highest BCUT2D eigenvalue weighted by Gasteiger charge is 2.07. The van der Waals surface area contributed by atoms with Gasteiger partial charge in [0.15, 0.2) is 0 Å². The monoisotopic (exact) mass is 228 g/mol. The van der Waals surface area contributed by atoms with Crippen molar-refractivity contribution in [1.82, 2.24) is 0 Å². The summed E-state index contributed by atoms with van der Waals surface area (Å²) in [5, 5.41) is 0. The number of benzene rings is 2.